The number of benzene rings is 2. The SMILES string of the molecule is CC[C@@](c1ccc(Cl)cc1)(c1noc(C)n1)n1ccc2c(CNS(C)(=O)=O)cccc21. The average molecular weight is 459 g/mol. The number of hydrogen-bond acceptors (Lipinski definition) is 5. The first-order chi connectivity index (χ1) is 14.7. The third kappa shape index (κ3) is 3.98. The Balaban J connectivity index is 1.95. The number of rotatable bonds is 7. The summed E-state index contributed by atoms with van der Waals surface area (Å²) in [6, 6.07) is 15.5. The summed E-state index contributed by atoms with van der Waals surface area (Å²) in [7, 11) is -3.31. The first-order valence-electron chi connectivity index (χ1n) is 9.85. The molecule has 0 spiro atoms. The van der Waals surface area contributed by atoms with Gasteiger partial charge in [-0.2, -0.15) is 4.98 Å². The van der Waals surface area contributed by atoms with E-state index in [0.29, 0.717) is 23.2 Å². The Bertz CT molecular complexity index is 1330. The van der Waals surface area contributed by atoms with Crippen LogP contribution in [0.4, 0.5) is 0 Å². The quantitative estimate of drug-likeness (QED) is 0.447. The Morgan fingerprint density at radius 2 is 1.90 bits per heavy atom. The molecule has 2 aromatic heterocycles. The van der Waals surface area contributed by atoms with Crippen molar-refractivity contribution in [2.45, 2.75) is 32.4 Å². The van der Waals surface area contributed by atoms with Crippen LogP contribution < -0.4 is 4.72 Å². The number of nitrogens with one attached hydrogen (secondary N) is 1. The highest BCUT2D eigenvalue weighted by Crippen LogP contribution is 2.39. The maximum absolute atomic E-state index is 11.6. The fourth-order valence-electron chi connectivity index (χ4n) is 4.03. The van der Waals surface area contributed by atoms with Crippen LogP contribution in [0.2, 0.25) is 5.02 Å². The molecule has 31 heavy (non-hydrogen) atoms. The molecular weight excluding hydrogens is 436 g/mol. The summed E-state index contributed by atoms with van der Waals surface area (Å²) in [5.41, 5.74) is 2.06. The predicted octanol–water partition coefficient (Wildman–Crippen LogP) is 4.24. The van der Waals surface area contributed by atoms with Crippen molar-refractivity contribution in [2.75, 3.05) is 6.26 Å². The number of fused-ring (bicyclic) bond motifs is 1. The molecule has 0 bridgehead atoms. The van der Waals surface area contributed by atoms with Crippen LogP contribution in [-0.4, -0.2) is 29.4 Å². The molecule has 1 N–H and O–H groups in total. The molecule has 0 radical (unpaired) electrons. The molecule has 0 unspecified atom stereocenters. The summed E-state index contributed by atoms with van der Waals surface area (Å²) < 4.78 is 33.2. The minimum atomic E-state index is -3.31. The van der Waals surface area contributed by atoms with E-state index >= 15 is 0 Å². The molecule has 0 aliphatic rings. The summed E-state index contributed by atoms with van der Waals surface area (Å²) in [6.07, 6.45) is 3.79. The van der Waals surface area contributed by atoms with E-state index in [0.717, 1.165) is 28.3 Å². The van der Waals surface area contributed by atoms with Gasteiger partial charge in [-0.05, 0) is 41.8 Å². The number of hydrogen-bond donors (Lipinski definition) is 1. The minimum Gasteiger partial charge on any atom is -0.340 e. The fourth-order valence-corrected chi connectivity index (χ4v) is 4.57. The Labute approximate surface area is 186 Å². The zero-order chi connectivity index (χ0) is 22.2. The van der Waals surface area contributed by atoms with Crippen molar-refractivity contribution in [3.05, 3.63) is 82.6 Å². The maximum atomic E-state index is 11.6. The largest absolute Gasteiger partial charge is 0.340 e. The van der Waals surface area contributed by atoms with Crippen molar-refractivity contribution in [3.8, 4) is 0 Å². The van der Waals surface area contributed by atoms with Crippen molar-refractivity contribution >= 4 is 32.5 Å². The van der Waals surface area contributed by atoms with Gasteiger partial charge in [0.25, 0.3) is 0 Å². The molecule has 0 aliphatic heterocycles. The second kappa shape index (κ2) is 8.11. The van der Waals surface area contributed by atoms with Gasteiger partial charge in [-0.1, -0.05) is 47.9 Å². The van der Waals surface area contributed by atoms with Crippen LogP contribution in [0.3, 0.4) is 0 Å². The molecule has 0 aliphatic carbocycles. The summed E-state index contributed by atoms with van der Waals surface area (Å²) in [5.74, 6) is 1.03. The third-order valence-corrected chi connectivity index (χ3v) is 6.41. The van der Waals surface area contributed by atoms with Crippen LogP contribution in [0.1, 0.15) is 36.2 Å². The van der Waals surface area contributed by atoms with Gasteiger partial charge in [0, 0.05) is 35.6 Å². The Hall–Kier alpha value is -2.68. The topological polar surface area (TPSA) is 90.0 Å². The summed E-state index contributed by atoms with van der Waals surface area (Å²) in [6.45, 7) is 4.05. The lowest BCUT2D eigenvalue weighted by molar-refractivity contribution is 0.348. The monoisotopic (exact) mass is 458 g/mol. The van der Waals surface area contributed by atoms with Crippen LogP contribution in [0.25, 0.3) is 10.9 Å². The van der Waals surface area contributed by atoms with Gasteiger partial charge in [0.1, 0.15) is 5.54 Å². The van der Waals surface area contributed by atoms with Gasteiger partial charge >= 0.3 is 0 Å². The van der Waals surface area contributed by atoms with Crippen LogP contribution >= 0.6 is 11.6 Å². The van der Waals surface area contributed by atoms with Gasteiger partial charge < -0.3 is 9.09 Å². The summed E-state index contributed by atoms with van der Waals surface area (Å²) in [5, 5.41) is 5.87. The highest BCUT2D eigenvalue weighted by Gasteiger charge is 2.40. The average Bonchev–Trinajstić information content (AvgIpc) is 3.36. The van der Waals surface area contributed by atoms with Crippen LogP contribution in [0.5, 0.6) is 0 Å². The smallest absolute Gasteiger partial charge is 0.223 e. The Morgan fingerprint density at radius 1 is 1.16 bits per heavy atom. The number of aromatic nitrogens is 3. The van der Waals surface area contributed by atoms with Crippen molar-refractivity contribution in [1.82, 2.24) is 19.4 Å². The lowest BCUT2D eigenvalue weighted by Gasteiger charge is -2.33. The number of aryl methyl sites for hydroxylation is 1. The molecule has 1 atom stereocenters. The van der Waals surface area contributed by atoms with Crippen molar-refractivity contribution < 1.29 is 12.9 Å². The zero-order valence-corrected chi connectivity index (χ0v) is 19.0. The lowest BCUT2D eigenvalue weighted by atomic mass is 9.85. The van der Waals surface area contributed by atoms with Gasteiger partial charge in [0.2, 0.25) is 21.7 Å². The van der Waals surface area contributed by atoms with Crippen LogP contribution in [-0.2, 0) is 22.1 Å². The zero-order valence-electron chi connectivity index (χ0n) is 17.5. The van der Waals surface area contributed by atoms with Crippen molar-refractivity contribution in [1.29, 1.82) is 0 Å². The molecule has 2 heterocycles. The summed E-state index contributed by atoms with van der Waals surface area (Å²) >= 11 is 6.15. The normalized spacial score (nSPS) is 14.1. The van der Waals surface area contributed by atoms with Gasteiger partial charge in [-0.25, -0.2) is 13.1 Å². The van der Waals surface area contributed by atoms with Crippen molar-refractivity contribution in [3.63, 3.8) is 0 Å². The molecule has 9 heteroatoms. The second-order valence-corrected chi connectivity index (χ2v) is 9.76. The summed E-state index contributed by atoms with van der Waals surface area (Å²) in [4.78, 5) is 4.58. The highest BCUT2D eigenvalue weighted by atomic mass is 35.5. The Morgan fingerprint density at radius 3 is 2.52 bits per heavy atom. The second-order valence-electron chi connectivity index (χ2n) is 7.49. The van der Waals surface area contributed by atoms with E-state index in [1.807, 2.05) is 54.7 Å². The van der Waals surface area contributed by atoms with Gasteiger partial charge in [0.15, 0.2) is 0 Å². The number of nitrogens with zero attached hydrogens (tertiary/aromatic N) is 3. The molecule has 0 saturated carbocycles. The van der Waals surface area contributed by atoms with E-state index in [9.17, 15) is 8.42 Å². The molecule has 2 aromatic carbocycles. The van der Waals surface area contributed by atoms with Gasteiger partial charge in [-0.15, -0.1) is 0 Å². The molecule has 4 aromatic rings. The lowest BCUT2D eigenvalue weighted by Crippen LogP contribution is -2.36. The van der Waals surface area contributed by atoms with Crippen LogP contribution in [0.15, 0.2) is 59.3 Å². The first-order valence-corrected chi connectivity index (χ1v) is 12.1. The fraction of sp³-hybridized carbons (Fsp3) is 0.273. The number of sulfonamides is 1. The van der Waals surface area contributed by atoms with Gasteiger partial charge in [-0.3, -0.25) is 0 Å². The molecular formula is C22H23ClN4O3S. The van der Waals surface area contributed by atoms with E-state index < -0.39 is 15.6 Å². The predicted molar refractivity (Wildman–Crippen MR) is 121 cm³/mol. The molecule has 0 fully saturated rings. The van der Waals surface area contributed by atoms with Crippen LogP contribution in [0, 0.1) is 6.92 Å². The van der Waals surface area contributed by atoms with Gasteiger partial charge in [0.05, 0.1) is 6.26 Å². The van der Waals surface area contributed by atoms with E-state index in [2.05, 4.69) is 26.4 Å². The maximum Gasteiger partial charge on any atom is 0.223 e. The molecule has 162 valence electrons. The third-order valence-electron chi connectivity index (χ3n) is 5.49. The van der Waals surface area contributed by atoms with Crippen molar-refractivity contribution in [2.24, 2.45) is 0 Å². The molecule has 0 saturated heterocycles. The molecule has 7 nitrogen and oxygen atoms in total. The molecule has 4 rings (SSSR count). The Kier molecular flexibility index (Phi) is 5.63. The van der Waals surface area contributed by atoms with E-state index in [-0.39, 0.29) is 6.54 Å². The number of halogens is 1. The molecule has 0 amide bonds. The standard InChI is InChI=1S/C22H23ClN4O3S/c1-4-22(21-25-15(2)30-26-21,17-8-10-18(23)11-9-17)27-13-12-19-16(6-5-7-20(19)27)14-24-31(3,28)29/h5-13,24H,4,14H2,1-3H3/t22-/m1/s1. The highest BCUT2D eigenvalue weighted by molar-refractivity contribution is 7.88. The minimum absolute atomic E-state index is 0.210. The first kappa shape index (κ1) is 21.5. The van der Waals surface area contributed by atoms with E-state index in [1.165, 1.54) is 0 Å². The van der Waals surface area contributed by atoms with E-state index in [1.54, 1.807) is 6.92 Å². The van der Waals surface area contributed by atoms with E-state index in [4.69, 9.17) is 16.1 Å².